The van der Waals surface area contributed by atoms with E-state index in [4.69, 9.17) is 14.5 Å². The highest BCUT2D eigenvalue weighted by Crippen LogP contribution is 2.42. The number of aryl methyl sites for hydroxylation is 1. The number of esters is 1. The van der Waals surface area contributed by atoms with Gasteiger partial charge in [0.05, 0.1) is 24.1 Å². The molecule has 7 rings (SSSR count). The minimum Gasteiger partial charge on any atom is -0.464 e. The Labute approximate surface area is 393 Å². The Hall–Kier alpha value is -5.93. The lowest BCUT2D eigenvalue weighted by molar-refractivity contribution is -0.156. The molecule has 4 amide bonds. The summed E-state index contributed by atoms with van der Waals surface area (Å²) >= 11 is 0. The first-order chi connectivity index (χ1) is 31.9. The van der Waals surface area contributed by atoms with Crippen molar-refractivity contribution < 1.29 is 37.8 Å². The molecule has 0 saturated carbocycles. The summed E-state index contributed by atoms with van der Waals surface area (Å²) in [6, 6.07) is 15.2. The van der Waals surface area contributed by atoms with E-state index >= 15 is 4.39 Å². The number of carbonyl (C=O) groups excluding carboxylic acids is 5. The number of nitrogens with one attached hydrogen (secondary N) is 2. The van der Waals surface area contributed by atoms with Crippen molar-refractivity contribution >= 4 is 40.5 Å². The van der Waals surface area contributed by atoms with Crippen LogP contribution in [0.2, 0.25) is 0 Å². The number of ether oxygens (including phenoxy) is 2. The van der Waals surface area contributed by atoms with Gasteiger partial charge in [-0.1, -0.05) is 64.6 Å². The molecule has 5 heterocycles. The first-order valence-electron chi connectivity index (χ1n) is 23.5. The van der Waals surface area contributed by atoms with Gasteiger partial charge in [0.15, 0.2) is 5.67 Å². The maximum atomic E-state index is 16.4. The second kappa shape index (κ2) is 20.1. The Balaban J connectivity index is 1.28. The minimum atomic E-state index is -2.29. The molecule has 6 bridgehead atoms. The highest BCUT2D eigenvalue weighted by Gasteiger charge is 2.47. The normalized spacial score (nSPS) is 20.7. The summed E-state index contributed by atoms with van der Waals surface area (Å²) in [7, 11) is 3.08. The molecule has 2 fully saturated rings. The molecule has 67 heavy (non-hydrogen) atoms. The zero-order valence-electron chi connectivity index (χ0n) is 40.2. The Morgan fingerprint density at radius 1 is 1.06 bits per heavy atom. The molecule has 2 aromatic carbocycles. The molecule has 3 aliphatic heterocycles. The lowest BCUT2D eigenvalue weighted by atomic mass is 9.84. The molecule has 4 aromatic rings. The fourth-order valence-electron chi connectivity index (χ4n) is 10.0. The van der Waals surface area contributed by atoms with Gasteiger partial charge in [-0.15, -0.1) is 0 Å². The van der Waals surface area contributed by atoms with Gasteiger partial charge in [-0.2, -0.15) is 0 Å². The lowest BCUT2D eigenvalue weighted by Crippen LogP contribution is -2.63. The number of aromatic nitrogens is 2. The summed E-state index contributed by atoms with van der Waals surface area (Å²) in [5, 5.41) is 5.41. The monoisotopic (exact) mass is 920 g/mol. The van der Waals surface area contributed by atoms with Gasteiger partial charge in [-0.3, -0.25) is 34.0 Å². The van der Waals surface area contributed by atoms with Gasteiger partial charge >= 0.3 is 5.97 Å². The van der Waals surface area contributed by atoms with E-state index in [-0.39, 0.29) is 57.5 Å². The number of benzene rings is 2. The predicted molar refractivity (Wildman–Crippen MR) is 255 cm³/mol. The number of hydrazine groups is 1. The van der Waals surface area contributed by atoms with E-state index in [2.05, 4.69) is 66.9 Å². The summed E-state index contributed by atoms with van der Waals surface area (Å²) in [5.74, 6) is -3.23. The Morgan fingerprint density at radius 3 is 2.48 bits per heavy atom. The van der Waals surface area contributed by atoms with Gasteiger partial charge in [0, 0.05) is 87.7 Å². The highest BCUT2D eigenvalue weighted by atomic mass is 19.1. The van der Waals surface area contributed by atoms with Crippen molar-refractivity contribution in [3.8, 4) is 22.4 Å². The number of halogens is 1. The van der Waals surface area contributed by atoms with Crippen molar-refractivity contribution in [2.75, 3.05) is 40.4 Å². The van der Waals surface area contributed by atoms with E-state index in [1.807, 2.05) is 37.3 Å². The van der Waals surface area contributed by atoms with Gasteiger partial charge in [-0.05, 0) is 91.6 Å². The van der Waals surface area contributed by atoms with Crippen molar-refractivity contribution in [3.05, 3.63) is 90.3 Å². The number of piperidine rings is 1. The molecular weight excluding hydrogens is 854 g/mol. The van der Waals surface area contributed by atoms with Gasteiger partial charge in [0.25, 0.3) is 11.8 Å². The van der Waals surface area contributed by atoms with Crippen molar-refractivity contribution in [3.63, 3.8) is 0 Å². The molecule has 2 aromatic heterocycles. The van der Waals surface area contributed by atoms with Crippen LogP contribution in [0.3, 0.4) is 0 Å². The number of carbonyl (C=O) groups is 5. The minimum absolute atomic E-state index is 0.0340. The lowest BCUT2D eigenvalue weighted by Gasteiger charge is -2.40. The molecule has 4 atom stereocenters. The summed E-state index contributed by atoms with van der Waals surface area (Å²) in [4.78, 5) is 76.7. The van der Waals surface area contributed by atoms with Crippen LogP contribution in [-0.2, 0) is 52.8 Å². The fraction of sp³-hybridized carbons (Fsp3) is 0.500. The largest absolute Gasteiger partial charge is 0.464 e. The fourth-order valence-corrected chi connectivity index (χ4v) is 10.0. The Morgan fingerprint density at radius 2 is 1.79 bits per heavy atom. The highest BCUT2D eigenvalue weighted by molar-refractivity contribution is 5.96. The van der Waals surface area contributed by atoms with Crippen LogP contribution >= 0.6 is 0 Å². The average Bonchev–Trinajstić information content (AvgIpc) is 3.63. The van der Waals surface area contributed by atoms with E-state index < -0.39 is 58.8 Å². The third-order valence-electron chi connectivity index (χ3n) is 13.7. The molecule has 0 unspecified atom stereocenters. The third kappa shape index (κ3) is 10.2. The van der Waals surface area contributed by atoms with Gasteiger partial charge in [-0.25, -0.2) is 9.82 Å². The van der Waals surface area contributed by atoms with Crippen molar-refractivity contribution in [2.45, 2.75) is 117 Å². The third-order valence-corrected chi connectivity index (χ3v) is 13.7. The molecule has 15 heteroatoms. The number of likely N-dealkylation sites (tertiary alicyclic amines) is 1. The number of hydrogen-bond donors (Lipinski definition) is 2. The molecular formula is C52H66FN7O7. The molecule has 2 saturated heterocycles. The Kier molecular flexibility index (Phi) is 14.7. The first-order valence-corrected chi connectivity index (χ1v) is 23.5. The van der Waals surface area contributed by atoms with Crippen LogP contribution in [0.5, 0.6) is 0 Å². The van der Waals surface area contributed by atoms with Crippen LogP contribution in [0.15, 0.2) is 73.4 Å². The summed E-state index contributed by atoms with van der Waals surface area (Å²) in [5.41, 5.74) is 7.89. The van der Waals surface area contributed by atoms with Crippen molar-refractivity contribution in [2.24, 2.45) is 11.3 Å². The topological polar surface area (TPSA) is 155 Å². The summed E-state index contributed by atoms with van der Waals surface area (Å²) in [6.45, 7) is 16.5. The van der Waals surface area contributed by atoms with Crippen LogP contribution in [0.1, 0.15) is 90.2 Å². The number of fused-ring (bicyclic) bond motifs is 6. The average molecular weight is 920 g/mol. The van der Waals surface area contributed by atoms with E-state index in [0.29, 0.717) is 25.8 Å². The summed E-state index contributed by atoms with van der Waals surface area (Å²) in [6.07, 6.45) is 3.82. The smallest absolute Gasteiger partial charge is 0.324 e. The molecule has 14 nitrogen and oxygen atoms in total. The molecule has 0 aliphatic carbocycles. The van der Waals surface area contributed by atoms with Crippen molar-refractivity contribution in [1.29, 1.82) is 0 Å². The number of methoxy groups -OCH3 is 1. The van der Waals surface area contributed by atoms with E-state index in [1.165, 1.54) is 17.0 Å². The molecule has 0 radical (unpaired) electrons. The quantitative estimate of drug-likeness (QED) is 0.130. The molecule has 2 N–H and O–H groups in total. The zero-order chi connectivity index (χ0) is 48.4. The van der Waals surface area contributed by atoms with Crippen LogP contribution in [0.25, 0.3) is 33.3 Å². The van der Waals surface area contributed by atoms with Crippen LogP contribution < -0.4 is 10.7 Å². The molecule has 3 aliphatic rings. The standard InChI is InChI=1S/C52H66FN7O7/c1-10-43(61)58-25-21-52(53,22-26-58)50(65)57(8)45(32(3)4)47(62)55-41-28-34-15-12-16-35(27-34)36-19-20-42-38(29-36)39(46(59(42)11-2)37-17-13-23-54-44(37)33(5)66-9)30-51(6,7)31-67-49(64)40-18-14-24-60(56-40)48(41)63/h10,12-13,15-17,19-20,23,27,29,32-33,40-41,45,56H,1,11,14,18,21-22,24-26,28,30-31H2,2-9H3,(H,55,62)/t33-,40-,41-,45-/m0/s1. The second-order valence-electron chi connectivity index (χ2n) is 19.4. The van der Waals surface area contributed by atoms with Crippen molar-refractivity contribution in [1.82, 2.24) is 35.1 Å². The van der Waals surface area contributed by atoms with Crippen LogP contribution in [0.4, 0.5) is 4.39 Å². The van der Waals surface area contributed by atoms with Crippen LogP contribution in [-0.4, -0.2) is 118 Å². The number of pyridine rings is 1. The SMILES string of the molecule is C=CC(=O)N1CCC(F)(C(=O)N(C)[C@H](C(=O)N[C@H]2Cc3cccc(c3)-c3ccc4c(c3)c(c(-c3cccnc3[C@H](C)OC)n4CC)CC(C)(C)COC(=O)[C@@H]3CCCN(N3)C2=O)C(C)C)CC1. The van der Waals surface area contributed by atoms with Crippen LogP contribution in [0, 0.1) is 11.3 Å². The number of rotatable bonds is 10. The maximum absolute atomic E-state index is 16.4. The number of cyclic esters (lactones) is 1. The number of hydrogen-bond acceptors (Lipinski definition) is 9. The van der Waals surface area contributed by atoms with Gasteiger partial charge < -0.3 is 29.2 Å². The molecule has 358 valence electrons. The number of likely N-dealkylation sites (N-methyl/N-ethyl adjacent to an activating group) is 1. The number of amides is 4. The maximum Gasteiger partial charge on any atom is 0.324 e. The predicted octanol–water partition coefficient (Wildman–Crippen LogP) is 6.75. The number of nitrogens with zero attached hydrogens (tertiary/aromatic N) is 5. The van der Waals surface area contributed by atoms with Gasteiger partial charge in [0.2, 0.25) is 11.8 Å². The van der Waals surface area contributed by atoms with E-state index in [9.17, 15) is 24.0 Å². The first kappa shape index (κ1) is 49.0. The Bertz CT molecular complexity index is 2530. The van der Waals surface area contributed by atoms with E-state index in [1.54, 1.807) is 27.2 Å². The second-order valence-corrected chi connectivity index (χ2v) is 19.4. The number of alkyl halides is 1. The molecule has 0 spiro atoms. The zero-order valence-corrected chi connectivity index (χ0v) is 40.2. The summed E-state index contributed by atoms with van der Waals surface area (Å²) < 4.78 is 30.7. The van der Waals surface area contributed by atoms with Gasteiger partial charge in [0.1, 0.15) is 18.1 Å². The van der Waals surface area contributed by atoms with E-state index in [0.717, 1.165) is 61.1 Å².